The van der Waals surface area contributed by atoms with Gasteiger partial charge in [-0.3, -0.25) is 4.79 Å². The molecule has 4 heteroatoms. The predicted molar refractivity (Wildman–Crippen MR) is 67.9 cm³/mol. The molecule has 0 heterocycles. The molecular weight excluding hydrogens is 277 g/mol. The predicted octanol–water partition coefficient (Wildman–Crippen LogP) is 3.48. The first-order valence-electron chi connectivity index (χ1n) is 4.70. The van der Waals surface area contributed by atoms with Crippen molar-refractivity contribution in [1.29, 1.82) is 0 Å². The van der Waals surface area contributed by atoms with Crippen LogP contribution in [0.4, 0.5) is 5.69 Å². The molecule has 0 radical (unpaired) electrons. The fourth-order valence-electron chi connectivity index (χ4n) is 1.40. The van der Waals surface area contributed by atoms with Crippen molar-refractivity contribution in [2.45, 2.75) is 19.9 Å². The molecule has 0 N–H and O–H groups in total. The monoisotopic (exact) mass is 289 g/mol. The van der Waals surface area contributed by atoms with Gasteiger partial charge in [0.25, 0.3) is 0 Å². The van der Waals surface area contributed by atoms with Gasteiger partial charge in [0.05, 0.1) is 5.33 Å². The van der Waals surface area contributed by atoms with Crippen molar-refractivity contribution in [2.75, 3.05) is 10.2 Å². The van der Waals surface area contributed by atoms with Crippen LogP contribution in [-0.2, 0) is 4.79 Å². The van der Waals surface area contributed by atoms with E-state index in [4.69, 9.17) is 11.6 Å². The van der Waals surface area contributed by atoms with Crippen LogP contribution in [0.3, 0.4) is 0 Å². The van der Waals surface area contributed by atoms with Crippen molar-refractivity contribution in [3.05, 3.63) is 29.3 Å². The minimum absolute atomic E-state index is 0.0484. The van der Waals surface area contributed by atoms with Gasteiger partial charge in [-0.15, -0.1) is 0 Å². The zero-order valence-corrected chi connectivity index (χ0v) is 11.0. The largest absolute Gasteiger partial charge is 0.309 e. The fourth-order valence-corrected chi connectivity index (χ4v) is 1.79. The second kappa shape index (κ2) is 5.52. The fraction of sp³-hybridized carbons (Fsp3) is 0.364. The summed E-state index contributed by atoms with van der Waals surface area (Å²) in [5.41, 5.74) is 0.874. The van der Waals surface area contributed by atoms with Crippen molar-refractivity contribution >= 4 is 39.1 Å². The van der Waals surface area contributed by atoms with Crippen LogP contribution in [-0.4, -0.2) is 17.3 Å². The molecule has 0 aromatic heterocycles. The van der Waals surface area contributed by atoms with E-state index >= 15 is 0 Å². The number of nitrogens with zero attached hydrogens (tertiary/aromatic N) is 1. The van der Waals surface area contributed by atoms with Gasteiger partial charge in [-0.2, -0.15) is 0 Å². The minimum atomic E-state index is 0.0484. The minimum Gasteiger partial charge on any atom is -0.309 e. The highest BCUT2D eigenvalue weighted by Gasteiger charge is 2.17. The van der Waals surface area contributed by atoms with E-state index < -0.39 is 0 Å². The molecule has 1 aromatic carbocycles. The summed E-state index contributed by atoms with van der Waals surface area (Å²) in [6, 6.07) is 7.41. The molecule has 82 valence electrons. The third kappa shape index (κ3) is 3.21. The van der Waals surface area contributed by atoms with Crippen LogP contribution in [0.5, 0.6) is 0 Å². The van der Waals surface area contributed by atoms with E-state index in [0.29, 0.717) is 10.4 Å². The van der Waals surface area contributed by atoms with E-state index in [9.17, 15) is 4.79 Å². The normalized spacial score (nSPS) is 10.5. The SMILES string of the molecule is CC(C)N(C(=O)CBr)c1ccc(Cl)cc1. The Balaban J connectivity index is 2.99. The van der Waals surface area contributed by atoms with E-state index in [2.05, 4.69) is 15.9 Å². The number of amides is 1. The highest BCUT2D eigenvalue weighted by Crippen LogP contribution is 2.20. The van der Waals surface area contributed by atoms with Crippen LogP contribution in [0.1, 0.15) is 13.8 Å². The number of hydrogen-bond donors (Lipinski definition) is 0. The van der Waals surface area contributed by atoms with E-state index in [0.717, 1.165) is 5.69 Å². The molecule has 1 amide bonds. The third-order valence-electron chi connectivity index (χ3n) is 2.00. The van der Waals surface area contributed by atoms with Gasteiger partial charge in [-0.25, -0.2) is 0 Å². The molecule has 0 bridgehead atoms. The summed E-state index contributed by atoms with van der Waals surface area (Å²) in [7, 11) is 0. The maximum atomic E-state index is 11.7. The lowest BCUT2D eigenvalue weighted by Gasteiger charge is -2.26. The summed E-state index contributed by atoms with van der Waals surface area (Å²) in [6.07, 6.45) is 0. The van der Waals surface area contributed by atoms with Crippen LogP contribution < -0.4 is 4.90 Å². The van der Waals surface area contributed by atoms with Crippen molar-refractivity contribution in [1.82, 2.24) is 0 Å². The Bertz CT molecular complexity index is 337. The first kappa shape index (κ1) is 12.5. The van der Waals surface area contributed by atoms with Crippen LogP contribution in [0.25, 0.3) is 0 Å². The molecule has 0 saturated heterocycles. The molecule has 0 fully saturated rings. The van der Waals surface area contributed by atoms with Crippen molar-refractivity contribution in [2.24, 2.45) is 0 Å². The number of rotatable bonds is 3. The summed E-state index contributed by atoms with van der Waals surface area (Å²) in [4.78, 5) is 13.4. The molecule has 0 atom stereocenters. The van der Waals surface area contributed by atoms with Crippen LogP contribution in [0.2, 0.25) is 5.02 Å². The molecule has 15 heavy (non-hydrogen) atoms. The number of benzene rings is 1. The Kier molecular flexibility index (Phi) is 4.61. The Morgan fingerprint density at radius 1 is 1.40 bits per heavy atom. The van der Waals surface area contributed by atoms with E-state index in [1.165, 1.54) is 0 Å². The molecule has 2 nitrogen and oxygen atoms in total. The number of anilines is 1. The number of hydrogen-bond acceptors (Lipinski definition) is 1. The zero-order chi connectivity index (χ0) is 11.4. The Morgan fingerprint density at radius 3 is 2.33 bits per heavy atom. The number of carbonyl (C=O) groups excluding carboxylic acids is 1. The van der Waals surface area contributed by atoms with Crippen molar-refractivity contribution in [3.8, 4) is 0 Å². The maximum absolute atomic E-state index is 11.7. The van der Waals surface area contributed by atoms with Gasteiger partial charge >= 0.3 is 0 Å². The van der Waals surface area contributed by atoms with Gasteiger partial charge < -0.3 is 4.90 Å². The van der Waals surface area contributed by atoms with Gasteiger partial charge in [0.1, 0.15) is 0 Å². The molecule has 1 aromatic rings. The summed E-state index contributed by atoms with van der Waals surface area (Å²) < 4.78 is 0. The lowest BCUT2D eigenvalue weighted by atomic mass is 10.2. The third-order valence-corrected chi connectivity index (χ3v) is 2.74. The van der Waals surface area contributed by atoms with Gasteiger partial charge in [-0.1, -0.05) is 27.5 Å². The lowest BCUT2D eigenvalue weighted by molar-refractivity contribution is -0.116. The van der Waals surface area contributed by atoms with Crippen molar-refractivity contribution < 1.29 is 4.79 Å². The zero-order valence-electron chi connectivity index (χ0n) is 8.71. The Labute approximate surface area is 103 Å². The Morgan fingerprint density at radius 2 is 1.93 bits per heavy atom. The van der Waals surface area contributed by atoms with Gasteiger partial charge in [0.15, 0.2) is 0 Å². The van der Waals surface area contributed by atoms with Gasteiger partial charge in [0.2, 0.25) is 5.91 Å². The summed E-state index contributed by atoms with van der Waals surface area (Å²) in [6.45, 7) is 3.96. The van der Waals surface area contributed by atoms with E-state index in [1.807, 2.05) is 26.0 Å². The smallest absolute Gasteiger partial charge is 0.237 e. The first-order valence-corrected chi connectivity index (χ1v) is 6.19. The molecule has 0 saturated carbocycles. The van der Waals surface area contributed by atoms with Crippen LogP contribution >= 0.6 is 27.5 Å². The highest BCUT2D eigenvalue weighted by molar-refractivity contribution is 9.09. The molecule has 0 spiro atoms. The second-order valence-electron chi connectivity index (χ2n) is 3.47. The topological polar surface area (TPSA) is 20.3 Å². The van der Waals surface area contributed by atoms with E-state index in [-0.39, 0.29) is 11.9 Å². The molecule has 0 aliphatic rings. The van der Waals surface area contributed by atoms with Crippen LogP contribution in [0, 0.1) is 0 Å². The summed E-state index contributed by atoms with van der Waals surface area (Å²) >= 11 is 8.97. The van der Waals surface area contributed by atoms with Gasteiger partial charge in [-0.05, 0) is 38.1 Å². The van der Waals surface area contributed by atoms with Gasteiger partial charge in [0, 0.05) is 16.8 Å². The standard InChI is InChI=1S/C11H13BrClNO/c1-8(2)14(11(15)7-12)10-5-3-9(13)4-6-10/h3-6,8H,7H2,1-2H3. The molecule has 1 rings (SSSR count). The Hall–Kier alpha value is -0.540. The summed E-state index contributed by atoms with van der Waals surface area (Å²) in [5.74, 6) is 0.0484. The quantitative estimate of drug-likeness (QED) is 0.781. The lowest BCUT2D eigenvalue weighted by Crippen LogP contribution is -2.37. The second-order valence-corrected chi connectivity index (χ2v) is 4.46. The molecule has 0 aliphatic carbocycles. The maximum Gasteiger partial charge on any atom is 0.237 e. The molecular formula is C11H13BrClNO. The van der Waals surface area contributed by atoms with E-state index in [1.54, 1.807) is 17.0 Å². The van der Waals surface area contributed by atoms with Crippen molar-refractivity contribution in [3.63, 3.8) is 0 Å². The highest BCUT2D eigenvalue weighted by atomic mass is 79.9. The summed E-state index contributed by atoms with van der Waals surface area (Å²) in [5, 5.41) is 1.00. The number of carbonyl (C=O) groups is 1. The molecule has 0 unspecified atom stereocenters. The number of alkyl halides is 1. The number of halogens is 2. The average molecular weight is 291 g/mol. The first-order chi connectivity index (χ1) is 7.06. The average Bonchev–Trinajstić information content (AvgIpc) is 2.20. The molecule has 0 aliphatic heterocycles. The van der Waals surface area contributed by atoms with Crippen LogP contribution in [0.15, 0.2) is 24.3 Å².